The van der Waals surface area contributed by atoms with Gasteiger partial charge in [-0.3, -0.25) is 0 Å². The van der Waals surface area contributed by atoms with E-state index in [-0.39, 0.29) is 12.1 Å². The predicted octanol–water partition coefficient (Wildman–Crippen LogP) is 3.93. The first-order chi connectivity index (χ1) is 9.60. The molecule has 0 fully saturated rings. The minimum Gasteiger partial charge on any atom is -0.497 e. The summed E-state index contributed by atoms with van der Waals surface area (Å²) < 4.78 is 12.2. The average Bonchev–Trinajstić information content (AvgIpc) is 2.46. The molecular formula is C16H18BrNO2. The number of nitrogens with two attached hydrogens (primary N) is 1. The molecule has 2 rings (SSSR count). The molecule has 2 aromatic carbocycles. The van der Waals surface area contributed by atoms with Gasteiger partial charge in [-0.05, 0) is 48.9 Å². The van der Waals surface area contributed by atoms with Gasteiger partial charge in [-0.2, -0.15) is 0 Å². The number of benzene rings is 2. The Labute approximate surface area is 127 Å². The van der Waals surface area contributed by atoms with Gasteiger partial charge in [0.2, 0.25) is 0 Å². The van der Waals surface area contributed by atoms with Gasteiger partial charge in [0, 0.05) is 10.5 Å². The van der Waals surface area contributed by atoms with Gasteiger partial charge >= 0.3 is 0 Å². The smallest absolute Gasteiger partial charge is 0.138 e. The summed E-state index contributed by atoms with van der Waals surface area (Å²) in [6.07, 6.45) is -0.193. The normalized spacial score (nSPS) is 13.6. The standard InChI is InChI=1S/C16H18BrNO2/c1-11(18)16(12-3-7-14(19-2)8-4-12)20-15-9-5-13(17)6-10-15/h3-11,16H,18H2,1-2H3. The molecule has 0 spiro atoms. The van der Waals surface area contributed by atoms with E-state index in [1.807, 2.05) is 55.5 Å². The van der Waals surface area contributed by atoms with Gasteiger partial charge in [-0.25, -0.2) is 0 Å². The Morgan fingerprint density at radius 2 is 1.50 bits per heavy atom. The van der Waals surface area contributed by atoms with Crippen LogP contribution in [0.3, 0.4) is 0 Å². The van der Waals surface area contributed by atoms with E-state index in [9.17, 15) is 0 Å². The van der Waals surface area contributed by atoms with Crippen LogP contribution in [0.4, 0.5) is 0 Å². The Bertz CT molecular complexity index is 537. The lowest BCUT2D eigenvalue weighted by molar-refractivity contribution is 0.180. The van der Waals surface area contributed by atoms with Crippen molar-refractivity contribution in [2.45, 2.75) is 19.1 Å². The van der Waals surface area contributed by atoms with Crippen LogP contribution in [0.15, 0.2) is 53.0 Å². The van der Waals surface area contributed by atoms with Gasteiger partial charge in [-0.1, -0.05) is 28.1 Å². The Balaban J connectivity index is 2.19. The van der Waals surface area contributed by atoms with Crippen LogP contribution >= 0.6 is 15.9 Å². The van der Waals surface area contributed by atoms with Gasteiger partial charge in [0.25, 0.3) is 0 Å². The maximum atomic E-state index is 6.05. The first-order valence-corrected chi connectivity index (χ1v) is 7.21. The van der Waals surface area contributed by atoms with Crippen molar-refractivity contribution in [2.75, 3.05) is 7.11 Å². The third-order valence-electron chi connectivity index (χ3n) is 3.00. The Hall–Kier alpha value is -1.52. The number of ether oxygens (including phenoxy) is 2. The van der Waals surface area contributed by atoms with Gasteiger partial charge < -0.3 is 15.2 Å². The summed E-state index contributed by atoms with van der Waals surface area (Å²) in [7, 11) is 1.65. The van der Waals surface area contributed by atoms with Crippen molar-refractivity contribution in [3.05, 3.63) is 58.6 Å². The highest BCUT2D eigenvalue weighted by Crippen LogP contribution is 2.26. The molecule has 20 heavy (non-hydrogen) atoms. The minimum atomic E-state index is -0.193. The van der Waals surface area contributed by atoms with Crippen molar-refractivity contribution in [1.82, 2.24) is 0 Å². The first-order valence-electron chi connectivity index (χ1n) is 6.42. The van der Waals surface area contributed by atoms with Crippen LogP contribution < -0.4 is 15.2 Å². The van der Waals surface area contributed by atoms with E-state index >= 15 is 0 Å². The first kappa shape index (κ1) is 14.9. The van der Waals surface area contributed by atoms with Gasteiger partial charge in [-0.15, -0.1) is 0 Å². The van der Waals surface area contributed by atoms with Crippen LogP contribution in [0.25, 0.3) is 0 Å². The molecule has 0 heterocycles. The van der Waals surface area contributed by atoms with Crippen LogP contribution in [0.5, 0.6) is 11.5 Å². The van der Waals surface area contributed by atoms with Gasteiger partial charge in [0.1, 0.15) is 17.6 Å². The highest BCUT2D eigenvalue weighted by atomic mass is 79.9. The summed E-state index contributed by atoms with van der Waals surface area (Å²) in [5.41, 5.74) is 7.08. The molecule has 0 amide bonds. The average molecular weight is 336 g/mol. The summed E-state index contributed by atoms with van der Waals surface area (Å²) in [5.74, 6) is 1.62. The molecule has 0 saturated heterocycles. The van der Waals surface area contributed by atoms with E-state index in [2.05, 4.69) is 15.9 Å². The lowest BCUT2D eigenvalue weighted by Gasteiger charge is -2.23. The molecule has 3 nitrogen and oxygen atoms in total. The lowest BCUT2D eigenvalue weighted by Crippen LogP contribution is -2.29. The summed E-state index contributed by atoms with van der Waals surface area (Å²) in [6.45, 7) is 1.94. The molecular weight excluding hydrogens is 318 g/mol. The Morgan fingerprint density at radius 3 is 2.00 bits per heavy atom. The fourth-order valence-electron chi connectivity index (χ4n) is 1.93. The molecule has 106 valence electrons. The van der Waals surface area contributed by atoms with Crippen molar-refractivity contribution >= 4 is 15.9 Å². The predicted molar refractivity (Wildman–Crippen MR) is 84.2 cm³/mol. The zero-order valence-corrected chi connectivity index (χ0v) is 13.1. The molecule has 0 aliphatic carbocycles. The summed E-state index contributed by atoms with van der Waals surface area (Å²) in [5, 5.41) is 0. The van der Waals surface area contributed by atoms with Crippen molar-refractivity contribution in [3.63, 3.8) is 0 Å². The summed E-state index contributed by atoms with van der Waals surface area (Å²) >= 11 is 3.41. The highest BCUT2D eigenvalue weighted by Gasteiger charge is 2.18. The monoisotopic (exact) mass is 335 g/mol. The molecule has 0 aliphatic rings. The second-order valence-electron chi connectivity index (χ2n) is 4.62. The molecule has 0 bridgehead atoms. The van der Waals surface area contributed by atoms with E-state index in [4.69, 9.17) is 15.2 Å². The topological polar surface area (TPSA) is 44.5 Å². The molecule has 2 N–H and O–H groups in total. The van der Waals surface area contributed by atoms with E-state index in [1.165, 1.54) is 0 Å². The third kappa shape index (κ3) is 3.74. The Morgan fingerprint density at radius 1 is 0.950 bits per heavy atom. The molecule has 2 atom stereocenters. The molecule has 2 unspecified atom stereocenters. The van der Waals surface area contributed by atoms with E-state index in [0.29, 0.717) is 0 Å². The van der Waals surface area contributed by atoms with E-state index in [0.717, 1.165) is 21.5 Å². The summed E-state index contributed by atoms with van der Waals surface area (Å²) in [6, 6.07) is 15.4. The minimum absolute atomic E-state index is 0.118. The van der Waals surface area contributed by atoms with Crippen LogP contribution in [0, 0.1) is 0 Å². The quantitative estimate of drug-likeness (QED) is 0.900. The zero-order chi connectivity index (χ0) is 14.5. The van der Waals surface area contributed by atoms with Gasteiger partial charge in [0.15, 0.2) is 0 Å². The number of rotatable bonds is 5. The fraction of sp³-hybridized carbons (Fsp3) is 0.250. The molecule has 0 aliphatic heterocycles. The van der Waals surface area contributed by atoms with Crippen LogP contribution in [0.1, 0.15) is 18.6 Å². The number of hydrogen-bond donors (Lipinski definition) is 1. The van der Waals surface area contributed by atoms with Crippen molar-refractivity contribution in [1.29, 1.82) is 0 Å². The number of methoxy groups -OCH3 is 1. The van der Waals surface area contributed by atoms with Crippen molar-refractivity contribution in [3.8, 4) is 11.5 Å². The van der Waals surface area contributed by atoms with Crippen LogP contribution in [0.2, 0.25) is 0 Å². The SMILES string of the molecule is COc1ccc(C(Oc2ccc(Br)cc2)C(C)N)cc1. The molecule has 4 heteroatoms. The largest absolute Gasteiger partial charge is 0.497 e. The summed E-state index contributed by atoms with van der Waals surface area (Å²) in [4.78, 5) is 0. The highest BCUT2D eigenvalue weighted by molar-refractivity contribution is 9.10. The van der Waals surface area contributed by atoms with Crippen LogP contribution in [-0.2, 0) is 0 Å². The number of hydrogen-bond acceptors (Lipinski definition) is 3. The van der Waals surface area contributed by atoms with Crippen LogP contribution in [-0.4, -0.2) is 13.2 Å². The third-order valence-corrected chi connectivity index (χ3v) is 3.53. The molecule has 0 radical (unpaired) electrons. The molecule has 0 saturated carbocycles. The van der Waals surface area contributed by atoms with Gasteiger partial charge in [0.05, 0.1) is 7.11 Å². The van der Waals surface area contributed by atoms with Crippen molar-refractivity contribution < 1.29 is 9.47 Å². The fourth-order valence-corrected chi connectivity index (χ4v) is 2.20. The van der Waals surface area contributed by atoms with Crippen molar-refractivity contribution in [2.24, 2.45) is 5.73 Å². The van der Waals surface area contributed by atoms with E-state index in [1.54, 1.807) is 7.11 Å². The lowest BCUT2D eigenvalue weighted by atomic mass is 10.0. The molecule has 2 aromatic rings. The second-order valence-corrected chi connectivity index (χ2v) is 5.54. The second kappa shape index (κ2) is 6.77. The maximum absolute atomic E-state index is 6.05. The Kier molecular flexibility index (Phi) is 5.04. The zero-order valence-electron chi connectivity index (χ0n) is 11.5. The number of halogens is 1. The van der Waals surface area contributed by atoms with E-state index < -0.39 is 0 Å². The molecule has 0 aromatic heterocycles. The maximum Gasteiger partial charge on any atom is 0.138 e.